The number of imide groups is 2. The summed E-state index contributed by atoms with van der Waals surface area (Å²) < 4.78 is 2.97. The number of nitrogens with zero attached hydrogens (tertiary/aromatic N) is 4. The van der Waals surface area contributed by atoms with Crippen molar-refractivity contribution in [3.05, 3.63) is 46.4 Å². The SMILES string of the molecule is CCN1C(=O)C(=O)N(CC(=O)Nc2c(C)n(C)n(-c3ccccc3)c2=O)C1=O. The molecule has 1 N–H and O–H groups in total. The topological polar surface area (TPSA) is 114 Å². The lowest BCUT2D eigenvalue weighted by Crippen LogP contribution is -2.39. The van der Waals surface area contributed by atoms with Gasteiger partial charge in [0.05, 0.1) is 11.4 Å². The van der Waals surface area contributed by atoms with Crippen molar-refractivity contribution >= 4 is 29.4 Å². The van der Waals surface area contributed by atoms with Gasteiger partial charge in [0.2, 0.25) is 5.91 Å². The molecule has 28 heavy (non-hydrogen) atoms. The molecule has 0 saturated carbocycles. The van der Waals surface area contributed by atoms with Crippen molar-refractivity contribution in [3.8, 4) is 5.69 Å². The molecule has 1 aromatic heterocycles. The van der Waals surface area contributed by atoms with Crippen molar-refractivity contribution in [3.63, 3.8) is 0 Å². The third-order valence-corrected chi connectivity index (χ3v) is 4.57. The molecule has 0 atom stereocenters. The van der Waals surface area contributed by atoms with Crippen LogP contribution in [0.1, 0.15) is 12.6 Å². The summed E-state index contributed by atoms with van der Waals surface area (Å²) in [6, 6.07) is 8.03. The number of anilines is 1. The van der Waals surface area contributed by atoms with Crippen molar-refractivity contribution in [2.24, 2.45) is 7.05 Å². The van der Waals surface area contributed by atoms with Gasteiger partial charge in [0.1, 0.15) is 12.2 Å². The fraction of sp³-hybridized carbons (Fsp3) is 0.278. The summed E-state index contributed by atoms with van der Waals surface area (Å²) in [6.45, 7) is 2.58. The smallest absolute Gasteiger partial charge is 0.318 e. The molecule has 1 aliphatic heterocycles. The Kier molecular flexibility index (Phi) is 4.87. The van der Waals surface area contributed by atoms with E-state index in [0.717, 1.165) is 4.90 Å². The maximum Gasteiger partial charge on any atom is 0.334 e. The Morgan fingerprint density at radius 3 is 2.18 bits per heavy atom. The Balaban J connectivity index is 1.84. The van der Waals surface area contributed by atoms with Crippen molar-refractivity contribution in [2.75, 3.05) is 18.4 Å². The number of nitrogens with one attached hydrogen (secondary N) is 1. The second kappa shape index (κ2) is 7.14. The number of hydrogen-bond acceptors (Lipinski definition) is 5. The van der Waals surface area contributed by atoms with E-state index in [1.165, 1.54) is 4.68 Å². The second-order valence-corrected chi connectivity index (χ2v) is 6.21. The van der Waals surface area contributed by atoms with Crippen LogP contribution in [-0.4, -0.2) is 56.0 Å². The van der Waals surface area contributed by atoms with Crippen molar-refractivity contribution in [2.45, 2.75) is 13.8 Å². The largest absolute Gasteiger partial charge is 0.334 e. The second-order valence-electron chi connectivity index (χ2n) is 6.21. The van der Waals surface area contributed by atoms with Crippen molar-refractivity contribution < 1.29 is 19.2 Å². The first-order valence-electron chi connectivity index (χ1n) is 8.59. The number of para-hydroxylation sites is 1. The Bertz CT molecular complexity index is 1040. The summed E-state index contributed by atoms with van der Waals surface area (Å²) in [5.41, 5.74) is 0.694. The zero-order chi connectivity index (χ0) is 20.6. The van der Waals surface area contributed by atoms with Gasteiger partial charge in [0.15, 0.2) is 0 Å². The third-order valence-electron chi connectivity index (χ3n) is 4.57. The summed E-state index contributed by atoms with van der Waals surface area (Å²) in [6.07, 6.45) is 0. The van der Waals surface area contributed by atoms with Crippen LogP contribution in [0.15, 0.2) is 35.1 Å². The number of carbonyl (C=O) groups excluding carboxylic acids is 4. The molecule has 0 bridgehead atoms. The van der Waals surface area contributed by atoms with Crippen LogP contribution in [0.5, 0.6) is 0 Å². The lowest BCUT2D eigenvalue weighted by Gasteiger charge is -2.13. The number of rotatable bonds is 5. The summed E-state index contributed by atoms with van der Waals surface area (Å²) in [5.74, 6) is -2.78. The molecule has 1 fully saturated rings. The van der Waals surface area contributed by atoms with Crippen LogP contribution < -0.4 is 10.9 Å². The van der Waals surface area contributed by atoms with Gasteiger partial charge < -0.3 is 5.32 Å². The first kappa shape index (κ1) is 19.1. The molecular weight excluding hydrogens is 366 g/mol. The molecule has 0 unspecified atom stereocenters. The average molecular weight is 385 g/mol. The molecule has 10 heteroatoms. The van der Waals surface area contributed by atoms with Crippen LogP contribution in [0.4, 0.5) is 10.5 Å². The predicted octanol–water partition coefficient (Wildman–Crippen LogP) is 0.234. The highest BCUT2D eigenvalue weighted by atomic mass is 16.2. The molecule has 146 valence electrons. The zero-order valence-electron chi connectivity index (χ0n) is 15.6. The van der Waals surface area contributed by atoms with E-state index in [4.69, 9.17) is 0 Å². The average Bonchev–Trinajstić information content (AvgIpc) is 3.01. The van der Waals surface area contributed by atoms with Gasteiger partial charge in [-0.15, -0.1) is 0 Å². The normalized spacial score (nSPS) is 14.2. The number of urea groups is 1. The molecule has 1 saturated heterocycles. The molecule has 10 nitrogen and oxygen atoms in total. The van der Waals surface area contributed by atoms with E-state index >= 15 is 0 Å². The number of benzene rings is 1. The van der Waals surface area contributed by atoms with Gasteiger partial charge >= 0.3 is 17.8 Å². The third kappa shape index (κ3) is 2.98. The van der Waals surface area contributed by atoms with E-state index in [1.807, 2.05) is 6.07 Å². The van der Waals surface area contributed by atoms with Crippen LogP contribution in [0.2, 0.25) is 0 Å². The van der Waals surface area contributed by atoms with Crippen molar-refractivity contribution in [1.29, 1.82) is 0 Å². The van der Waals surface area contributed by atoms with Crippen LogP contribution in [0, 0.1) is 6.92 Å². The number of amides is 5. The summed E-state index contributed by atoms with van der Waals surface area (Å²) in [4.78, 5) is 62.2. The minimum Gasteiger partial charge on any atom is -0.318 e. The minimum absolute atomic E-state index is 0.0289. The molecule has 1 aliphatic rings. The maximum absolute atomic E-state index is 12.8. The van der Waals surface area contributed by atoms with Gasteiger partial charge in [-0.05, 0) is 26.0 Å². The standard InChI is InChI=1S/C18H19N5O5/c1-4-21-16(26)17(27)22(18(21)28)10-13(24)19-14-11(2)20(3)23(15(14)25)12-8-6-5-7-9-12/h5-9H,4,10H2,1-3H3,(H,19,24). The van der Waals surface area contributed by atoms with Crippen LogP contribution >= 0.6 is 0 Å². The Morgan fingerprint density at radius 1 is 1.00 bits per heavy atom. The number of likely N-dealkylation sites (N-methyl/N-ethyl adjacent to an activating group) is 1. The Morgan fingerprint density at radius 2 is 1.61 bits per heavy atom. The monoisotopic (exact) mass is 385 g/mol. The van der Waals surface area contributed by atoms with Gasteiger partial charge in [-0.1, -0.05) is 18.2 Å². The van der Waals surface area contributed by atoms with Gasteiger partial charge in [-0.2, -0.15) is 0 Å². The lowest BCUT2D eigenvalue weighted by atomic mass is 10.3. The number of aromatic nitrogens is 2. The molecule has 3 rings (SSSR count). The molecule has 5 amide bonds. The van der Waals surface area contributed by atoms with Gasteiger partial charge in [-0.25, -0.2) is 14.4 Å². The van der Waals surface area contributed by atoms with Gasteiger partial charge in [0, 0.05) is 13.6 Å². The first-order valence-corrected chi connectivity index (χ1v) is 8.59. The van der Waals surface area contributed by atoms with Crippen LogP contribution in [0.25, 0.3) is 5.69 Å². The highest BCUT2D eigenvalue weighted by Crippen LogP contribution is 2.15. The van der Waals surface area contributed by atoms with Crippen molar-refractivity contribution in [1.82, 2.24) is 19.2 Å². The molecule has 0 radical (unpaired) electrons. The Labute approximate surface area is 159 Å². The van der Waals surface area contributed by atoms with Crippen LogP contribution in [0.3, 0.4) is 0 Å². The minimum atomic E-state index is -1.06. The van der Waals surface area contributed by atoms with E-state index in [-0.39, 0.29) is 12.2 Å². The maximum atomic E-state index is 12.8. The quantitative estimate of drug-likeness (QED) is 0.585. The number of carbonyl (C=O) groups is 4. The van der Waals surface area contributed by atoms with E-state index in [0.29, 0.717) is 16.3 Å². The van der Waals surface area contributed by atoms with Gasteiger partial charge in [0.25, 0.3) is 5.56 Å². The predicted molar refractivity (Wildman–Crippen MR) is 98.9 cm³/mol. The van der Waals surface area contributed by atoms with E-state index in [9.17, 15) is 24.0 Å². The van der Waals surface area contributed by atoms with E-state index < -0.39 is 35.9 Å². The molecule has 0 spiro atoms. The molecule has 2 aromatic rings. The molecule has 1 aromatic carbocycles. The highest BCUT2D eigenvalue weighted by molar-refractivity contribution is 6.45. The molecular formula is C18H19N5O5. The lowest BCUT2D eigenvalue weighted by molar-refractivity contribution is -0.143. The highest BCUT2D eigenvalue weighted by Gasteiger charge is 2.44. The zero-order valence-corrected chi connectivity index (χ0v) is 15.6. The van der Waals surface area contributed by atoms with E-state index in [2.05, 4.69) is 5.32 Å². The molecule has 0 aliphatic carbocycles. The summed E-state index contributed by atoms with van der Waals surface area (Å²) in [5, 5.41) is 2.46. The summed E-state index contributed by atoms with van der Waals surface area (Å²) >= 11 is 0. The fourth-order valence-electron chi connectivity index (χ4n) is 3.00. The fourth-order valence-corrected chi connectivity index (χ4v) is 3.00. The molecule has 2 heterocycles. The van der Waals surface area contributed by atoms with Crippen LogP contribution in [-0.2, 0) is 21.4 Å². The van der Waals surface area contributed by atoms with Gasteiger partial charge in [-0.3, -0.25) is 28.8 Å². The summed E-state index contributed by atoms with van der Waals surface area (Å²) in [7, 11) is 1.67. The first-order chi connectivity index (χ1) is 13.3. The Hall–Kier alpha value is -3.69. The van der Waals surface area contributed by atoms with E-state index in [1.54, 1.807) is 49.8 Å². The number of hydrogen-bond donors (Lipinski definition) is 1.